The molecule has 0 radical (unpaired) electrons. The molecule has 7 rings (SSSR count). The van der Waals surface area contributed by atoms with Gasteiger partial charge in [0.15, 0.2) is 12.2 Å². The van der Waals surface area contributed by atoms with Gasteiger partial charge in [-0.05, 0) is 66.3 Å². The predicted molar refractivity (Wildman–Crippen MR) is 216 cm³/mol. The molecular weight excluding hydrogens is 828 g/mol. The van der Waals surface area contributed by atoms with Crippen LogP contribution < -0.4 is 11.2 Å². The zero-order valence-electron chi connectivity index (χ0n) is 30.4. The number of amides is 2. The lowest BCUT2D eigenvalue weighted by Gasteiger charge is -2.47. The van der Waals surface area contributed by atoms with Gasteiger partial charge < -0.3 is 23.8 Å². The molecule has 0 spiro atoms. The van der Waals surface area contributed by atoms with Crippen LogP contribution in [0.25, 0.3) is 0 Å². The molecule has 3 heterocycles. The van der Waals surface area contributed by atoms with Crippen LogP contribution in [-0.4, -0.2) is 56.0 Å². The Morgan fingerprint density at radius 3 is 1.45 bits per heavy atom. The fraction of sp³-hybridized carbons (Fsp3) is 0.302. The Bertz CT molecular complexity index is 2230. The van der Waals surface area contributed by atoms with E-state index in [0.717, 1.165) is 31.2 Å². The number of aryl methyl sites for hydroxylation is 2. The fourth-order valence-corrected chi connectivity index (χ4v) is 7.90. The van der Waals surface area contributed by atoms with Gasteiger partial charge >= 0.3 is 5.69 Å². The van der Waals surface area contributed by atoms with Crippen molar-refractivity contribution in [2.24, 2.45) is 0 Å². The van der Waals surface area contributed by atoms with Gasteiger partial charge in [0, 0.05) is 46.9 Å². The number of nitrogens with zero attached hydrogens (tertiary/aromatic N) is 4. The highest BCUT2D eigenvalue weighted by Crippen LogP contribution is 2.39. The first-order valence-corrected chi connectivity index (χ1v) is 20.0. The van der Waals surface area contributed by atoms with E-state index in [1.165, 1.54) is 4.57 Å². The van der Waals surface area contributed by atoms with Crippen LogP contribution in [-0.2, 0) is 45.4 Å². The van der Waals surface area contributed by atoms with Gasteiger partial charge in [0.05, 0.1) is 25.3 Å². The number of hydrogen-bond donors (Lipinski definition) is 0. The molecule has 2 fully saturated rings. The van der Waals surface area contributed by atoms with Crippen molar-refractivity contribution in [1.29, 1.82) is 0 Å². The normalized spacial score (nSPS) is 19.3. The lowest BCUT2D eigenvalue weighted by atomic mass is 9.90. The highest BCUT2D eigenvalue weighted by molar-refractivity contribution is 9.10. The first-order valence-electron chi connectivity index (χ1n) is 18.4. The Balaban J connectivity index is 0.991. The number of carbonyl (C=O) groups is 2. The Morgan fingerprint density at radius 1 is 0.564 bits per heavy atom. The van der Waals surface area contributed by atoms with Crippen molar-refractivity contribution in [2.45, 2.75) is 70.4 Å². The van der Waals surface area contributed by atoms with E-state index >= 15 is 0 Å². The predicted octanol–water partition coefficient (Wildman–Crippen LogP) is 6.96. The molecule has 0 N–H and O–H groups in total. The van der Waals surface area contributed by atoms with E-state index < -0.39 is 17.9 Å². The molecule has 12 heteroatoms. The van der Waals surface area contributed by atoms with Crippen LogP contribution >= 0.6 is 31.9 Å². The zero-order valence-corrected chi connectivity index (χ0v) is 33.6. The van der Waals surface area contributed by atoms with E-state index in [-0.39, 0.29) is 36.0 Å². The summed E-state index contributed by atoms with van der Waals surface area (Å²) in [6, 6.07) is 34.7. The summed E-state index contributed by atoms with van der Waals surface area (Å²) in [6.07, 6.45) is 1.26. The first kappa shape index (κ1) is 38.6. The zero-order chi connectivity index (χ0) is 38.5. The summed E-state index contributed by atoms with van der Waals surface area (Å²) in [5.74, 6) is -0.209. The Labute approximate surface area is 336 Å². The topological polar surface area (TPSA) is 103 Å². The number of hydrogen-bond acceptors (Lipinski definition) is 6. The van der Waals surface area contributed by atoms with Gasteiger partial charge in [0.1, 0.15) is 0 Å². The summed E-state index contributed by atoms with van der Waals surface area (Å²) < 4.78 is 17.0. The number of likely N-dealkylation sites (tertiary alicyclic amines) is 2. The number of benzene rings is 4. The van der Waals surface area contributed by atoms with Crippen molar-refractivity contribution in [1.82, 2.24) is 18.9 Å². The third-order valence-electron chi connectivity index (χ3n) is 10.3. The average molecular weight is 871 g/mol. The molecule has 2 saturated heterocycles. The highest BCUT2D eigenvalue weighted by atomic mass is 79.9. The number of ether oxygens (including phenoxy) is 2. The van der Waals surface area contributed by atoms with E-state index in [9.17, 15) is 19.2 Å². The second-order valence-corrected chi connectivity index (χ2v) is 15.8. The fourth-order valence-electron chi connectivity index (χ4n) is 7.37. The second-order valence-electron chi connectivity index (χ2n) is 13.9. The molecule has 4 unspecified atom stereocenters. The first-order chi connectivity index (χ1) is 26.7. The number of β-lactam (4-membered cyclic amide) rings is 2. The lowest BCUT2D eigenvalue weighted by molar-refractivity contribution is -0.177. The van der Waals surface area contributed by atoms with Gasteiger partial charge in [-0.15, -0.1) is 0 Å². The van der Waals surface area contributed by atoms with Crippen molar-refractivity contribution in [3.05, 3.63) is 173 Å². The largest absolute Gasteiger partial charge is 0.361 e. The van der Waals surface area contributed by atoms with E-state index in [1.54, 1.807) is 27.5 Å². The van der Waals surface area contributed by atoms with Crippen LogP contribution in [0.5, 0.6) is 0 Å². The molecule has 1 aromatic heterocycles. The maximum absolute atomic E-state index is 13.7. The molecule has 55 heavy (non-hydrogen) atoms. The minimum Gasteiger partial charge on any atom is -0.361 e. The summed E-state index contributed by atoms with van der Waals surface area (Å²) in [7, 11) is 0. The van der Waals surface area contributed by atoms with Gasteiger partial charge in [-0.25, -0.2) is 4.79 Å². The van der Waals surface area contributed by atoms with Gasteiger partial charge in [-0.1, -0.05) is 117 Å². The molecule has 4 aromatic carbocycles. The number of carbonyl (C=O) groups excluding carboxylic acids is 2. The van der Waals surface area contributed by atoms with E-state index in [0.29, 0.717) is 51.3 Å². The van der Waals surface area contributed by atoms with Crippen molar-refractivity contribution in [3.63, 3.8) is 0 Å². The molecule has 2 aliphatic rings. The van der Waals surface area contributed by atoms with Crippen molar-refractivity contribution in [2.75, 3.05) is 13.1 Å². The van der Waals surface area contributed by atoms with Crippen molar-refractivity contribution in [3.8, 4) is 0 Å². The Morgan fingerprint density at radius 2 is 1.00 bits per heavy atom. The van der Waals surface area contributed by atoms with E-state index in [1.807, 2.05) is 109 Å². The molecule has 4 atom stereocenters. The van der Waals surface area contributed by atoms with E-state index in [4.69, 9.17) is 9.47 Å². The quantitative estimate of drug-likeness (QED) is 0.0995. The number of aromatic nitrogens is 2. The molecule has 5 aromatic rings. The number of halogens is 2. The van der Waals surface area contributed by atoms with E-state index in [2.05, 4.69) is 31.9 Å². The second kappa shape index (κ2) is 17.5. The summed E-state index contributed by atoms with van der Waals surface area (Å²) in [5.41, 5.74) is 3.58. The minimum absolute atomic E-state index is 0.0907. The highest BCUT2D eigenvalue weighted by Gasteiger charge is 2.49. The van der Waals surface area contributed by atoms with Gasteiger partial charge in [0.25, 0.3) is 17.4 Å². The molecule has 284 valence electrons. The smallest absolute Gasteiger partial charge is 0.330 e. The Hall–Kier alpha value is -4.62. The maximum Gasteiger partial charge on any atom is 0.330 e. The van der Waals surface area contributed by atoms with Gasteiger partial charge in [-0.2, -0.15) is 0 Å². The summed E-state index contributed by atoms with van der Waals surface area (Å²) >= 11 is 6.99. The van der Waals surface area contributed by atoms with Crippen LogP contribution in [0.2, 0.25) is 0 Å². The third-order valence-corrected chi connectivity index (χ3v) is 11.3. The SMILES string of the molecule is Cc1cn(CCCN2C(=O)C(OCc3ccccc3)C2c2ccc(Br)cc2)c(=O)n(CCCN2C(=O)C(OCc3ccccc3)C2c2ccc(Br)cc2)c1=O. The van der Waals surface area contributed by atoms with Crippen molar-refractivity contribution >= 4 is 43.7 Å². The average Bonchev–Trinajstić information content (AvgIpc) is 3.20. The van der Waals surface area contributed by atoms with Crippen LogP contribution in [0.15, 0.2) is 134 Å². The number of rotatable bonds is 16. The maximum atomic E-state index is 13.7. The molecular formula is C43H42Br2N4O6. The third kappa shape index (κ3) is 8.62. The lowest BCUT2D eigenvalue weighted by Crippen LogP contribution is -2.60. The minimum atomic E-state index is -0.632. The monoisotopic (exact) mass is 868 g/mol. The van der Waals surface area contributed by atoms with Gasteiger partial charge in [-0.3, -0.25) is 19.0 Å². The molecule has 2 amide bonds. The summed E-state index contributed by atoms with van der Waals surface area (Å²) in [4.78, 5) is 57.3. The van der Waals surface area contributed by atoms with Crippen LogP contribution in [0.4, 0.5) is 0 Å². The van der Waals surface area contributed by atoms with Crippen LogP contribution in [0, 0.1) is 6.92 Å². The van der Waals surface area contributed by atoms with Crippen LogP contribution in [0.1, 0.15) is 52.7 Å². The summed E-state index contributed by atoms with van der Waals surface area (Å²) in [5, 5.41) is 0. The molecule has 10 nitrogen and oxygen atoms in total. The van der Waals surface area contributed by atoms with Crippen LogP contribution in [0.3, 0.4) is 0 Å². The standard InChI is InChI=1S/C43H42Br2N4O6/c1-29-26-46(22-8-23-47-36(32-14-18-34(44)19-15-32)38(41(47)51)54-27-30-10-4-2-5-11-30)43(53)49(40(29)50)25-9-24-48-37(33-16-20-35(45)21-17-33)39(42(48)52)55-28-31-12-6-3-7-13-31/h2-7,10-21,26,36-39H,8-9,22-25,27-28H2,1H3. The van der Waals surface area contributed by atoms with Crippen molar-refractivity contribution < 1.29 is 19.1 Å². The molecule has 0 aliphatic carbocycles. The summed E-state index contributed by atoms with van der Waals surface area (Å²) in [6.45, 7) is 3.59. The Kier molecular flexibility index (Phi) is 12.3. The molecule has 0 bridgehead atoms. The molecule has 2 aliphatic heterocycles. The van der Waals surface area contributed by atoms with Gasteiger partial charge in [0.2, 0.25) is 0 Å². The molecule has 0 saturated carbocycles.